The number of ketones is 1. The van der Waals surface area contributed by atoms with Crippen molar-refractivity contribution >= 4 is 46.0 Å². The van der Waals surface area contributed by atoms with Gasteiger partial charge in [0.1, 0.15) is 18.4 Å². The van der Waals surface area contributed by atoms with Gasteiger partial charge in [-0.2, -0.15) is 0 Å². The van der Waals surface area contributed by atoms with Crippen LogP contribution >= 0.6 is 11.6 Å². The van der Waals surface area contributed by atoms with E-state index in [-0.39, 0.29) is 37.1 Å². The molecule has 1 saturated carbocycles. The molecule has 3 fully saturated rings. The van der Waals surface area contributed by atoms with Gasteiger partial charge >= 0.3 is 0 Å². The highest BCUT2D eigenvalue weighted by Crippen LogP contribution is 2.43. The van der Waals surface area contributed by atoms with Crippen LogP contribution in [-0.2, 0) is 19.1 Å². The van der Waals surface area contributed by atoms with Crippen LogP contribution in [0, 0.1) is 5.92 Å². The number of hydrogen-bond acceptors (Lipinski definition) is 5. The minimum Gasteiger partial charge on any atom is -0.370 e. The van der Waals surface area contributed by atoms with Crippen LogP contribution in [-0.4, -0.2) is 77.4 Å². The van der Waals surface area contributed by atoms with Crippen molar-refractivity contribution in [2.45, 2.75) is 49.8 Å². The first-order chi connectivity index (χ1) is 17.3. The maximum Gasteiger partial charge on any atom is 0.271 e. The molecule has 192 valence electrons. The van der Waals surface area contributed by atoms with E-state index in [1.165, 1.54) is 4.90 Å². The number of ether oxygens (including phenoxy) is 1. The first-order valence-electron chi connectivity index (χ1n) is 12.2. The Morgan fingerprint density at radius 2 is 2.11 bits per heavy atom. The Morgan fingerprint density at radius 1 is 1.31 bits per heavy atom. The summed E-state index contributed by atoms with van der Waals surface area (Å²) in [5, 5.41) is 6.60. The number of H-pyrrole nitrogens is 1. The van der Waals surface area contributed by atoms with Crippen molar-refractivity contribution in [1.82, 2.24) is 20.5 Å². The quantitative estimate of drug-likeness (QED) is 0.518. The third-order valence-electron chi connectivity index (χ3n) is 7.60. The molecule has 3 atom stereocenters. The Bertz CT molecular complexity index is 1210. The summed E-state index contributed by atoms with van der Waals surface area (Å²) in [6, 6.07) is 4.86. The molecule has 3 aliphatic rings. The number of Topliss-reactive ketones (excluding diaryl/α,β-unsaturated/α-hetero) is 1. The monoisotopic (exact) mass is 518 g/mol. The molecule has 36 heavy (non-hydrogen) atoms. The number of benzene rings is 1. The molecule has 11 heteroatoms. The lowest BCUT2D eigenvalue weighted by Gasteiger charge is -2.53. The van der Waals surface area contributed by atoms with E-state index in [9.17, 15) is 23.6 Å². The average Bonchev–Trinajstić information content (AvgIpc) is 3.48. The van der Waals surface area contributed by atoms with Crippen molar-refractivity contribution in [2.75, 3.05) is 26.4 Å². The van der Waals surface area contributed by atoms with E-state index in [1.807, 2.05) is 6.07 Å². The molecule has 0 bridgehead atoms. The highest BCUT2D eigenvalue weighted by Gasteiger charge is 2.55. The number of aromatic nitrogens is 1. The van der Waals surface area contributed by atoms with E-state index in [2.05, 4.69) is 15.6 Å². The molecule has 1 aromatic carbocycles. The normalized spacial score (nSPS) is 23.8. The molecule has 5 rings (SSSR count). The second-order valence-electron chi connectivity index (χ2n) is 9.73. The molecule has 1 aliphatic carbocycles. The van der Waals surface area contributed by atoms with Crippen LogP contribution in [0.15, 0.2) is 24.3 Å². The number of nitrogens with one attached hydrogen (secondary N) is 3. The van der Waals surface area contributed by atoms with Crippen molar-refractivity contribution < 1.29 is 28.3 Å². The summed E-state index contributed by atoms with van der Waals surface area (Å²) in [4.78, 5) is 56.3. The molecule has 1 aromatic heterocycles. The van der Waals surface area contributed by atoms with E-state index in [1.54, 1.807) is 18.2 Å². The second-order valence-corrected chi connectivity index (χ2v) is 10.1. The number of aromatic amines is 1. The number of para-hydroxylation sites is 1. The van der Waals surface area contributed by atoms with E-state index in [4.69, 9.17) is 16.3 Å². The predicted molar refractivity (Wildman–Crippen MR) is 129 cm³/mol. The van der Waals surface area contributed by atoms with Crippen molar-refractivity contribution in [3.63, 3.8) is 0 Å². The standard InChI is InChI=1S/C25H28ClFN4O5/c26-16-4-1-3-14-11-18(29-20(14)16)24(35)31-9-10-36-25(6-2-7-25)21(31)23(34)30-17(19(32)13-27)12-15-5-8-28-22(15)33/h1,3-4,11,15,17,21,29H,2,5-10,12-13H2,(H,28,33)(H,30,34)/t15-,17-,21?/m0/s1. The molecule has 1 unspecified atom stereocenters. The van der Waals surface area contributed by atoms with E-state index in [0.717, 1.165) is 11.8 Å². The molecular formula is C25H28ClFN4O5. The summed E-state index contributed by atoms with van der Waals surface area (Å²) in [6.45, 7) is -0.339. The van der Waals surface area contributed by atoms with Gasteiger partial charge in [-0.05, 0) is 44.2 Å². The van der Waals surface area contributed by atoms with Gasteiger partial charge < -0.3 is 25.3 Å². The van der Waals surface area contributed by atoms with Crippen LogP contribution in [0.3, 0.4) is 0 Å². The lowest BCUT2D eigenvalue weighted by atomic mass is 9.72. The van der Waals surface area contributed by atoms with Crippen LogP contribution in [0.5, 0.6) is 0 Å². The highest BCUT2D eigenvalue weighted by atomic mass is 35.5. The third-order valence-corrected chi connectivity index (χ3v) is 7.91. The van der Waals surface area contributed by atoms with Crippen LogP contribution in [0.4, 0.5) is 4.39 Å². The average molecular weight is 519 g/mol. The van der Waals surface area contributed by atoms with Gasteiger partial charge in [-0.15, -0.1) is 0 Å². The van der Waals surface area contributed by atoms with E-state index in [0.29, 0.717) is 36.3 Å². The van der Waals surface area contributed by atoms with Crippen LogP contribution in [0.1, 0.15) is 42.6 Å². The number of rotatable bonds is 7. The van der Waals surface area contributed by atoms with E-state index >= 15 is 0 Å². The summed E-state index contributed by atoms with van der Waals surface area (Å²) in [7, 11) is 0. The van der Waals surface area contributed by atoms with Crippen molar-refractivity contribution in [2.24, 2.45) is 5.92 Å². The number of halogens is 2. The lowest BCUT2D eigenvalue weighted by molar-refractivity contribution is -0.184. The number of amides is 3. The van der Waals surface area contributed by atoms with Gasteiger partial charge in [-0.3, -0.25) is 19.2 Å². The van der Waals surface area contributed by atoms with Crippen molar-refractivity contribution in [1.29, 1.82) is 0 Å². The van der Waals surface area contributed by atoms with Gasteiger partial charge in [0.2, 0.25) is 11.8 Å². The zero-order valence-electron chi connectivity index (χ0n) is 19.6. The number of alkyl halides is 1. The number of nitrogens with zero attached hydrogens (tertiary/aromatic N) is 1. The molecule has 3 heterocycles. The fourth-order valence-electron chi connectivity index (χ4n) is 5.54. The molecule has 0 radical (unpaired) electrons. The minimum absolute atomic E-state index is 0.00929. The van der Waals surface area contributed by atoms with Gasteiger partial charge in [0.25, 0.3) is 5.91 Å². The number of morpholine rings is 1. The van der Waals surface area contributed by atoms with Crippen LogP contribution < -0.4 is 10.6 Å². The molecule has 3 amide bonds. The molecular weight excluding hydrogens is 491 g/mol. The summed E-state index contributed by atoms with van der Waals surface area (Å²) >= 11 is 6.27. The van der Waals surface area contributed by atoms with Gasteiger partial charge in [0.05, 0.1) is 28.8 Å². The first-order valence-corrected chi connectivity index (χ1v) is 12.6. The number of carbonyl (C=O) groups is 4. The fourth-order valence-corrected chi connectivity index (χ4v) is 5.77. The summed E-state index contributed by atoms with van der Waals surface area (Å²) in [6.07, 6.45) is 2.52. The highest BCUT2D eigenvalue weighted by molar-refractivity contribution is 6.35. The predicted octanol–water partition coefficient (Wildman–Crippen LogP) is 2.13. The van der Waals surface area contributed by atoms with Crippen molar-refractivity contribution in [3.8, 4) is 0 Å². The van der Waals surface area contributed by atoms with Crippen LogP contribution in [0.2, 0.25) is 5.02 Å². The zero-order chi connectivity index (χ0) is 25.4. The second kappa shape index (κ2) is 9.82. The molecule has 2 saturated heterocycles. The Hall–Kier alpha value is -2.98. The van der Waals surface area contributed by atoms with Gasteiger partial charge in [-0.25, -0.2) is 4.39 Å². The number of hydrogen-bond donors (Lipinski definition) is 3. The molecule has 2 aromatic rings. The third kappa shape index (κ3) is 4.37. The smallest absolute Gasteiger partial charge is 0.271 e. The Balaban J connectivity index is 1.42. The van der Waals surface area contributed by atoms with Crippen LogP contribution in [0.25, 0.3) is 10.9 Å². The maximum atomic E-state index is 13.7. The summed E-state index contributed by atoms with van der Waals surface area (Å²) in [5.74, 6) is -2.47. The maximum absolute atomic E-state index is 13.7. The van der Waals surface area contributed by atoms with Crippen molar-refractivity contribution in [3.05, 3.63) is 35.0 Å². The fraction of sp³-hybridized carbons (Fsp3) is 0.520. The Labute approximate surface area is 212 Å². The topological polar surface area (TPSA) is 121 Å². The van der Waals surface area contributed by atoms with E-state index < -0.39 is 42.0 Å². The molecule has 1 spiro atoms. The summed E-state index contributed by atoms with van der Waals surface area (Å²) in [5.41, 5.74) is 0.0419. The summed E-state index contributed by atoms with van der Waals surface area (Å²) < 4.78 is 19.4. The Morgan fingerprint density at radius 3 is 2.75 bits per heavy atom. The van der Waals surface area contributed by atoms with Gasteiger partial charge in [0.15, 0.2) is 5.78 Å². The zero-order valence-corrected chi connectivity index (χ0v) is 20.4. The molecule has 3 N–H and O–H groups in total. The molecule has 9 nitrogen and oxygen atoms in total. The molecule has 2 aliphatic heterocycles. The minimum atomic E-state index is -1.26. The Kier molecular flexibility index (Phi) is 6.74. The SMILES string of the molecule is O=C(N[C@@H](C[C@@H]1CCNC1=O)C(=O)CF)C1N(C(=O)c2cc3cccc(Cl)c3[nH]2)CCOC12CCC2. The lowest BCUT2D eigenvalue weighted by Crippen LogP contribution is -2.69. The van der Waals surface area contributed by atoms with Gasteiger partial charge in [0, 0.05) is 24.4 Å². The largest absolute Gasteiger partial charge is 0.370 e. The van der Waals surface area contributed by atoms with Gasteiger partial charge in [-0.1, -0.05) is 23.7 Å². The number of carbonyl (C=O) groups excluding carboxylic acids is 4. The number of fused-ring (bicyclic) bond motifs is 1. The first kappa shape index (κ1) is 24.7.